The Hall–Kier alpha value is -0.110. The van der Waals surface area contributed by atoms with Gasteiger partial charge >= 0.3 is 0 Å². The van der Waals surface area contributed by atoms with Crippen LogP contribution >= 0.6 is 0 Å². The maximum atomic E-state index is 12.5. The zero-order valence-corrected chi connectivity index (χ0v) is 5.61. The maximum absolute atomic E-state index is 12.5. The van der Waals surface area contributed by atoms with Crippen LogP contribution in [0.25, 0.3) is 0 Å². The minimum Gasteiger partial charge on any atom is -0.390 e. The lowest BCUT2D eigenvalue weighted by Crippen LogP contribution is -2.30. The molecule has 2 heteroatoms. The van der Waals surface area contributed by atoms with Crippen LogP contribution < -0.4 is 0 Å². The second-order valence-electron chi connectivity index (χ2n) is 2.49. The van der Waals surface area contributed by atoms with Crippen molar-refractivity contribution < 1.29 is 9.50 Å². The average Bonchev–Trinajstić information content (AvgIpc) is 1.62. The Morgan fingerprint density at radius 1 is 1.62 bits per heavy atom. The van der Waals surface area contributed by atoms with Crippen molar-refractivity contribution in [1.29, 1.82) is 0 Å². The minimum atomic E-state index is -1.44. The molecule has 0 radical (unpaired) electrons. The molecule has 1 nitrogen and oxygen atoms in total. The number of aliphatic hydroxyl groups is 1. The van der Waals surface area contributed by atoms with Gasteiger partial charge < -0.3 is 5.11 Å². The number of rotatable bonds is 2. The summed E-state index contributed by atoms with van der Waals surface area (Å²) in [5.41, 5.74) is -1.44. The SMILES string of the molecule is CCC(O)C(C)(C)F. The summed E-state index contributed by atoms with van der Waals surface area (Å²) in [6, 6.07) is 0. The first kappa shape index (κ1) is 7.89. The first-order valence-electron chi connectivity index (χ1n) is 2.85. The van der Waals surface area contributed by atoms with E-state index in [4.69, 9.17) is 5.11 Å². The van der Waals surface area contributed by atoms with Gasteiger partial charge in [0.25, 0.3) is 0 Å². The Morgan fingerprint density at radius 3 is 2.00 bits per heavy atom. The van der Waals surface area contributed by atoms with Crippen molar-refractivity contribution in [3.05, 3.63) is 0 Å². The summed E-state index contributed by atoms with van der Waals surface area (Å²) >= 11 is 0. The lowest BCUT2D eigenvalue weighted by Gasteiger charge is -2.19. The van der Waals surface area contributed by atoms with Gasteiger partial charge in [0.1, 0.15) is 5.67 Å². The first-order valence-corrected chi connectivity index (χ1v) is 2.85. The van der Waals surface area contributed by atoms with Gasteiger partial charge in [0.2, 0.25) is 0 Å². The van der Waals surface area contributed by atoms with Crippen molar-refractivity contribution in [1.82, 2.24) is 0 Å². The predicted octanol–water partition coefficient (Wildman–Crippen LogP) is 1.51. The van der Waals surface area contributed by atoms with E-state index in [-0.39, 0.29) is 0 Å². The third-order valence-electron chi connectivity index (χ3n) is 1.18. The van der Waals surface area contributed by atoms with Gasteiger partial charge in [-0.25, -0.2) is 4.39 Å². The number of hydrogen-bond acceptors (Lipinski definition) is 1. The average molecular weight is 120 g/mol. The number of aliphatic hydroxyl groups excluding tert-OH is 1. The quantitative estimate of drug-likeness (QED) is 0.585. The Balaban J connectivity index is 3.62. The normalized spacial score (nSPS) is 16.1. The Morgan fingerprint density at radius 2 is 2.00 bits per heavy atom. The molecule has 0 aliphatic heterocycles. The number of alkyl halides is 1. The molecule has 0 saturated carbocycles. The van der Waals surface area contributed by atoms with Gasteiger partial charge in [-0.05, 0) is 20.3 Å². The van der Waals surface area contributed by atoms with Crippen molar-refractivity contribution in [3.8, 4) is 0 Å². The van der Waals surface area contributed by atoms with Gasteiger partial charge in [0, 0.05) is 0 Å². The maximum Gasteiger partial charge on any atom is 0.131 e. The van der Waals surface area contributed by atoms with E-state index in [0.717, 1.165) is 0 Å². The van der Waals surface area contributed by atoms with Crippen LogP contribution in [0.4, 0.5) is 4.39 Å². The highest BCUT2D eigenvalue weighted by Gasteiger charge is 2.24. The van der Waals surface area contributed by atoms with E-state index in [1.165, 1.54) is 13.8 Å². The van der Waals surface area contributed by atoms with E-state index in [2.05, 4.69) is 0 Å². The van der Waals surface area contributed by atoms with E-state index in [1.807, 2.05) is 0 Å². The molecule has 0 aliphatic carbocycles. The molecule has 0 fully saturated rings. The van der Waals surface area contributed by atoms with Crippen molar-refractivity contribution in [3.63, 3.8) is 0 Å². The van der Waals surface area contributed by atoms with Crippen LogP contribution in [0.3, 0.4) is 0 Å². The Kier molecular flexibility index (Phi) is 2.41. The highest BCUT2D eigenvalue weighted by molar-refractivity contribution is 4.74. The molecule has 1 atom stereocenters. The molecular weight excluding hydrogens is 107 g/mol. The van der Waals surface area contributed by atoms with Crippen LogP contribution in [0.2, 0.25) is 0 Å². The van der Waals surface area contributed by atoms with E-state index in [1.54, 1.807) is 6.92 Å². The van der Waals surface area contributed by atoms with Crippen LogP contribution in [0.5, 0.6) is 0 Å². The Bertz CT molecular complexity index is 65.4. The highest BCUT2D eigenvalue weighted by atomic mass is 19.1. The summed E-state index contributed by atoms with van der Waals surface area (Å²) in [5, 5.41) is 8.82. The van der Waals surface area contributed by atoms with E-state index >= 15 is 0 Å². The highest BCUT2D eigenvalue weighted by Crippen LogP contribution is 2.15. The monoisotopic (exact) mass is 120 g/mol. The van der Waals surface area contributed by atoms with Crippen LogP contribution in [-0.2, 0) is 0 Å². The third-order valence-corrected chi connectivity index (χ3v) is 1.18. The molecule has 50 valence electrons. The van der Waals surface area contributed by atoms with Crippen LogP contribution in [-0.4, -0.2) is 16.9 Å². The van der Waals surface area contributed by atoms with E-state index in [9.17, 15) is 4.39 Å². The molecule has 8 heavy (non-hydrogen) atoms. The standard InChI is InChI=1S/C6H13FO/c1-4-5(8)6(2,3)7/h5,8H,4H2,1-3H3. The fourth-order valence-corrected chi connectivity index (χ4v) is 0.485. The zero-order valence-electron chi connectivity index (χ0n) is 5.61. The van der Waals surface area contributed by atoms with E-state index in [0.29, 0.717) is 6.42 Å². The fourth-order valence-electron chi connectivity index (χ4n) is 0.485. The minimum absolute atomic E-state index is 0.476. The molecule has 0 aromatic heterocycles. The topological polar surface area (TPSA) is 20.2 Å². The van der Waals surface area contributed by atoms with Gasteiger partial charge in [-0.3, -0.25) is 0 Å². The fraction of sp³-hybridized carbons (Fsp3) is 1.00. The molecule has 0 rings (SSSR count). The van der Waals surface area contributed by atoms with E-state index < -0.39 is 11.8 Å². The van der Waals surface area contributed by atoms with Crippen molar-refractivity contribution >= 4 is 0 Å². The van der Waals surface area contributed by atoms with Gasteiger partial charge in [-0.2, -0.15) is 0 Å². The zero-order chi connectivity index (χ0) is 6.78. The van der Waals surface area contributed by atoms with Crippen LogP contribution in [0, 0.1) is 0 Å². The molecule has 0 amide bonds. The predicted molar refractivity (Wildman–Crippen MR) is 31.5 cm³/mol. The number of hydrogen-bond donors (Lipinski definition) is 1. The second-order valence-corrected chi connectivity index (χ2v) is 2.49. The molecular formula is C6H13FO. The molecule has 0 spiro atoms. The van der Waals surface area contributed by atoms with Crippen molar-refractivity contribution in [2.24, 2.45) is 0 Å². The summed E-state index contributed by atoms with van der Waals surface area (Å²) in [5.74, 6) is 0. The molecule has 0 aromatic carbocycles. The molecule has 1 N–H and O–H groups in total. The molecule has 0 aromatic rings. The Labute approximate surface area is 49.5 Å². The summed E-state index contributed by atoms with van der Waals surface area (Å²) in [7, 11) is 0. The van der Waals surface area contributed by atoms with Gasteiger partial charge in [-0.15, -0.1) is 0 Å². The van der Waals surface area contributed by atoms with Crippen LogP contribution in [0.15, 0.2) is 0 Å². The molecule has 0 aliphatic rings. The molecule has 0 bridgehead atoms. The summed E-state index contributed by atoms with van der Waals surface area (Å²) in [6.07, 6.45) is -0.341. The summed E-state index contributed by atoms with van der Waals surface area (Å²) in [6.45, 7) is 4.51. The smallest absolute Gasteiger partial charge is 0.131 e. The van der Waals surface area contributed by atoms with Gasteiger partial charge in [0.05, 0.1) is 6.10 Å². The second kappa shape index (κ2) is 2.44. The summed E-state index contributed by atoms with van der Waals surface area (Å²) in [4.78, 5) is 0. The van der Waals surface area contributed by atoms with Gasteiger partial charge in [0.15, 0.2) is 0 Å². The molecule has 0 saturated heterocycles. The lowest BCUT2D eigenvalue weighted by atomic mass is 10.0. The third kappa shape index (κ3) is 2.26. The number of halogens is 1. The largest absolute Gasteiger partial charge is 0.390 e. The lowest BCUT2D eigenvalue weighted by molar-refractivity contribution is 0.0153. The molecule has 0 heterocycles. The van der Waals surface area contributed by atoms with Crippen LogP contribution in [0.1, 0.15) is 27.2 Å². The van der Waals surface area contributed by atoms with Gasteiger partial charge in [-0.1, -0.05) is 6.92 Å². The van der Waals surface area contributed by atoms with Crippen molar-refractivity contribution in [2.75, 3.05) is 0 Å². The summed E-state index contributed by atoms with van der Waals surface area (Å²) < 4.78 is 12.5. The first-order chi connectivity index (χ1) is 3.48. The van der Waals surface area contributed by atoms with Crippen molar-refractivity contribution in [2.45, 2.75) is 39.0 Å². The molecule has 1 unspecified atom stereocenters.